The first-order valence-corrected chi connectivity index (χ1v) is 6.62. The molecule has 0 unspecified atom stereocenters. The van der Waals surface area contributed by atoms with E-state index >= 15 is 0 Å². The summed E-state index contributed by atoms with van der Waals surface area (Å²) >= 11 is 5.90. The van der Waals surface area contributed by atoms with Gasteiger partial charge in [-0.05, 0) is 26.8 Å². The van der Waals surface area contributed by atoms with Crippen molar-refractivity contribution < 1.29 is 0 Å². The summed E-state index contributed by atoms with van der Waals surface area (Å²) in [5.41, 5.74) is 1.20. The topological polar surface area (TPSA) is 96.4 Å². The number of hydrogen-bond acceptors (Lipinski definition) is 4. The van der Waals surface area contributed by atoms with Gasteiger partial charge in [-0.15, -0.1) is 0 Å². The smallest absolute Gasteiger partial charge is 0.287 e. The molecule has 0 saturated carbocycles. The monoisotopic (exact) mass is 305 g/mol. The first-order chi connectivity index (χ1) is 9.88. The summed E-state index contributed by atoms with van der Waals surface area (Å²) in [6, 6.07) is 1.79. The van der Waals surface area contributed by atoms with Crippen LogP contribution >= 0.6 is 11.6 Å². The van der Waals surface area contributed by atoms with Gasteiger partial charge in [0.1, 0.15) is 16.1 Å². The fourth-order valence-corrected chi connectivity index (χ4v) is 2.35. The minimum atomic E-state index is -0.529. The number of rotatable bonds is 1. The Morgan fingerprint density at radius 3 is 2.38 bits per heavy atom. The van der Waals surface area contributed by atoms with Crippen molar-refractivity contribution in [2.75, 3.05) is 0 Å². The molecule has 0 bridgehead atoms. The summed E-state index contributed by atoms with van der Waals surface area (Å²) in [7, 11) is 0. The van der Waals surface area contributed by atoms with Gasteiger partial charge >= 0.3 is 0 Å². The van der Waals surface area contributed by atoms with Gasteiger partial charge in [-0.2, -0.15) is 4.68 Å². The summed E-state index contributed by atoms with van der Waals surface area (Å²) in [5, 5.41) is 2.78. The van der Waals surface area contributed by atoms with Crippen molar-refractivity contribution in [2.45, 2.75) is 20.8 Å². The highest BCUT2D eigenvalue weighted by atomic mass is 35.5. The molecule has 7 nitrogen and oxygen atoms in total. The molecule has 0 amide bonds. The molecule has 0 atom stereocenters. The number of nitrogens with one attached hydrogen (secondary N) is 2. The van der Waals surface area contributed by atoms with Crippen molar-refractivity contribution in [3.63, 3.8) is 0 Å². The molecular weight excluding hydrogens is 294 g/mol. The van der Waals surface area contributed by atoms with Crippen molar-refractivity contribution in [3.05, 3.63) is 48.7 Å². The lowest BCUT2D eigenvalue weighted by Gasteiger charge is -2.02. The number of pyridine rings is 1. The van der Waals surface area contributed by atoms with Crippen LogP contribution in [-0.2, 0) is 0 Å². The van der Waals surface area contributed by atoms with E-state index < -0.39 is 11.0 Å². The van der Waals surface area contributed by atoms with Crippen LogP contribution in [0.15, 0.2) is 15.7 Å². The lowest BCUT2D eigenvalue weighted by Crippen LogP contribution is -2.21. The largest absolute Gasteiger partial charge is 0.342 e. The zero-order valence-electron chi connectivity index (χ0n) is 11.6. The fourth-order valence-electron chi connectivity index (χ4n) is 2.21. The molecule has 3 aromatic heterocycles. The standard InChI is InChI=1S/C13H12ClN5O2/c1-5-4-6(2)16-13(15-5)19-12(21)8-10(20)9(14)7(3)17-11(8)18-19/h4H,1-3H3,(H2,17,18,20). The predicted octanol–water partition coefficient (Wildman–Crippen LogP) is 1.38. The first-order valence-electron chi connectivity index (χ1n) is 6.24. The Balaban J connectivity index is 2.40. The summed E-state index contributed by atoms with van der Waals surface area (Å²) in [6.45, 7) is 5.27. The SMILES string of the molecule is Cc1cc(C)nc(-n2[nH]c3[nH]c(C)c(Cl)c(=O)c3c2=O)n1. The minimum absolute atomic E-state index is 0.00657. The Labute approximate surface area is 123 Å². The van der Waals surface area contributed by atoms with Crippen molar-refractivity contribution in [1.82, 2.24) is 24.7 Å². The molecule has 0 aliphatic carbocycles. The first kappa shape index (κ1) is 13.6. The van der Waals surface area contributed by atoms with Gasteiger partial charge in [-0.25, -0.2) is 9.97 Å². The molecule has 0 saturated heterocycles. The Morgan fingerprint density at radius 1 is 1.14 bits per heavy atom. The van der Waals surface area contributed by atoms with Crippen molar-refractivity contribution in [2.24, 2.45) is 0 Å². The molecule has 108 valence electrons. The average Bonchev–Trinajstić information content (AvgIpc) is 2.72. The second kappa shape index (κ2) is 4.56. The van der Waals surface area contributed by atoms with Gasteiger partial charge in [0.15, 0.2) is 0 Å². The van der Waals surface area contributed by atoms with Gasteiger partial charge in [0.05, 0.1) is 0 Å². The Kier molecular flexibility index (Phi) is 2.94. The van der Waals surface area contributed by atoms with E-state index in [9.17, 15) is 9.59 Å². The number of H-pyrrole nitrogens is 2. The van der Waals surface area contributed by atoms with Crippen molar-refractivity contribution >= 4 is 22.6 Å². The van der Waals surface area contributed by atoms with E-state index in [1.54, 1.807) is 26.8 Å². The Bertz CT molecular complexity index is 962. The third-order valence-corrected chi connectivity index (χ3v) is 3.58. The van der Waals surface area contributed by atoms with Crippen LogP contribution in [0.4, 0.5) is 0 Å². The van der Waals surface area contributed by atoms with Crippen LogP contribution in [0, 0.1) is 20.8 Å². The maximum atomic E-state index is 12.4. The van der Waals surface area contributed by atoms with Crippen LogP contribution in [0.5, 0.6) is 0 Å². The number of hydrogen-bond donors (Lipinski definition) is 2. The van der Waals surface area contributed by atoms with Gasteiger partial charge in [-0.3, -0.25) is 14.7 Å². The van der Waals surface area contributed by atoms with Crippen molar-refractivity contribution in [1.29, 1.82) is 0 Å². The van der Waals surface area contributed by atoms with E-state index in [4.69, 9.17) is 11.6 Å². The molecule has 8 heteroatoms. The highest BCUT2D eigenvalue weighted by Gasteiger charge is 2.17. The molecule has 0 radical (unpaired) electrons. The van der Waals surface area contributed by atoms with Gasteiger partial charge in [0.2, 0.25) is 5.43 Å². The number of nitrogens with zero attached hydrogens (tertiary/aromatic N) is 3. The number of fused-ring (bicyclic) bond motifs is 1. The van der Waals surface area contributed by atoms with E-state index in [1.807, 2.05) is 0 Å². The zero-order valence-corrected chi connectivity index (χ0v) is 12.4. The maximum Gasteiger partial charge on any atom is 0.287 e. The molecule has 0 spiro atoms. The summed E-state index contributed by atoms with van der Waals surface area (Å²) in [6.07, 6.45) is 0. The molecule has 3 rings (SSSR count). The lowest BCUT2D eigenvalue weighted by atomic mass is 10.3. The third-order valence-electron chi connectivity index (χ3n) is 3.13. The summed E-state index contributed by atoms with van der Waals surface area (Å²) in [5.74, 6) is 0.190. The quantitative estimate of drug-likeness (QED) is 0.709. The number of halogens is 1. The van der Waals surface area contributed by atoms with E-state index in [-0.39, 0.29) is 16.4 Å². The highest BCUT2D eigenvalue weighted by Crippen LogP contribution is 2.12. The predicted molar refractivity (Wildman–Crippen MR) is 79.3 cm³/mol. The van der Waals surface area contributed by atoms with Gasteiger partial charge in [-0.1, -0.05) is 11.6 Å². The fraction of sp³-hybridized carbons (Fsp3) is 0.231. The van der Waals surface area contributed by atoms with E-state index in [0.29, 0.717) is 11.3 Å². The van der Waals surface area contributed by atoms with Gasteiger partial charge in [0.25, 0.3) is 11.5 Å². The van der Waals surface area contributed by atoms with E-state index in [0.717, 1.165) is 16.1 Å². The van der Waals surface area contributed by atoms with Crippen LogP contribution < -0.4 is 11.0 Å². The molecule has 21 heavy (non-hydrogen) atoms. The minimum Gasteiger partial charge on any atom is -0.342 e. The summed E-state index contributed by atoms with van der Waals surface area (Å²) < 4.78 is 1.14. The summed E-state index contributed by atoms with van der Waals surface area (Å²) in [4.78, 5) is 35.8. The molecule has 0 aliphatic heterocycles. The second-order valence-corrected chi connectivity index (χ2v) is 5.22. The van der Waals surface area contributed by atoms with Crippen LogP contribution in [-0.4, -0.2) is 24.7 Å². The number of aromatic nitrogens is 5. The lowest BCUT2D eigenvalue weighted by molar-refractivity contribution is 0.777. The Hall–Kier alpha value is -2.41. The van der Waals surface area contributed by atoms with E-state index in [2.05, 4.69) is 20.1 Å². The highest BCUT2D eigenvalue weighted by molar-refractivity contribution is 6.31. The molecule has 3 aromatic rings. The van der Waals surface area contributed by atoms with Crippen LogP contribution in [0.2, 0.25) is 5.02 Å². The van der Waals surface area contributed by atoms with Crippen LogP contribution in [0.1, 0.15) is 17.1 Å². The van der Waals surface area contributed by atoms with Crippen LogP contribution in [0.3, 0.4) is 0 Å². The molecule has 2 N–H and O–H groups in total. The zero-order chi connectivity index (χ0) is 15.3. The molecule has 0 aromatic carbocycles. The number of aromatic amines is 2. The number of aryl methyl sites for hydroxylation is 3. The Morgan fingerprint density at radius 2 is 1.76 bits per heavy atom. The normalized spacial score (nSPS) is 11.2. The molecular formula is C13H12ClN5O2. The molecule has 0 aliphatic rings. The molecule has 0 fully saturated rings. The maximum absolute atomic E-state index is 12.4. The molecule has 3 heterocycles. The van der Waals surface area contributed by atoms with Crippen LogP contribution in [0.25, 0.3) is 17.0 Å². The average molecular weight is 306 g/mol. The van der Waals surface area contributed by atoms with E-state index in [1.165, 1.54) is 0 Å². The van der Waals surface area contributed by atoms with Crippen molar-refractivity contribution in [3.8, 4) is 5.95 Å². The third kappa shape index (κ3) is 2.06. The second-order valence-electron chi connectivity index (χ2n) is 4.85. The van der Waals surface area contributed by atoms with Gasteiger partial charge in [0, 0.05) is 17.1 Å². The van der Waals surface area contributed by atoms with Gasteiger partial charge < -0.3 is 4.98 Å².